The van der Waals surface area contributed by atoms with Crippen molar-refractivity contribution < 1.29 is 27.5 Å². The maximum atomic E-state index is 13.4. The Balaban J connectivity index is 1.34. The summed E-state index contributed by atoms with van der Waals surface area (Å²) in [5, 5.41) is 22.0. The van der Waals surface area contributed by atoms with Crippen molar-refractivity contribution in [2.24, 2.45) is 0 Å². The Morgan fingerprint density at radius 1 is 1.05 bits per heavy atom. The van der Waals surface area contributed by atoms with Gasteiger partial charge in [0.25, 0.3) is 5.91 Å². The van der Waals surface area contributed by atoms with E-state index < -0.39 is 34.8 Å². The molecule has 198 valence electrons. The molecule has 1 saturated heterocycles. The molecule has 1 atom stereocenters. The molecule has 4 rings (SSSR count). The van der Waals surface area contributed by atoms with Crippen LogP contribution in [0.25, 0.3) is 11.1 Å². The van der Waals surface area contributed by atoms with Gasteiger partial charge in [-0.3, -0.25) is 9.69 Å². The Morgan fingerprint density at radius 3 is 2.34 bits per heavy atom. The minimum Gasteiger partial charge on any atom is -0.379 e. The van der Waals surface area contributed by atoms with Gasteiger partial charge in [0.1, 0.15) is 0 Å². The first kappa shape index (κ1) is 27.0. The molecule has 1 unspecified atom stereocenters. The molecule has 7 nitrogen and oxygen atoms in total. The third kappa shape index (κ3) is 6.27. The molecule has 0 bridgehead atoms. The minimum atomic E-state index is -4.76. The Labute approximate surface area is 216 Å². The minimum absolute atomic E-state index is 0.0123. The smallest absolute Gasteiger partial charge is 0.379 e. The van der Waals surface area contributed by atoms with Crippen molar-refractivity contribution in [1.29, 1.82) is 5.26 Å². The highest BCUT2D eigenvalue weighted by Gasteiger charge is 2.36. The molecule has 0 aliphatic carbocycles. The van der Waals surface area contributed by atoms with Gasteiger partial charge in [-0.05, 0) is 54.4 Å². The molecule has 1 aliphatic rings. The highest BCUT2D eigenvalue weighted by atomic mass is 19.4. The summed E-state index contributed by atoms with van der Waals surface area (Å²) < 4.78 is 53.1. The predicted octanol–water partition coefficient (Wildman–Crippen LogP) is 4.29. The van der Waals surface area contributed by atoms with Gasteiger partial charge in [0.05, 0.1) is 17.2 Å². The van der Waals surface area contributed by atoms with E-state index in [-0.39, 0.29) is 12.2 Å². The number of anilines is 2. The zero-order valence-electron chi connectivity index (χ0n) is 20.5. The molecule has 1 aliphatic heterocycles. The molecular weight excluding hydrogens is 502 g/mol. The number of hydrogen-bond donors (Lipinski definition) is 2. The molecular formula is C27H25F4N5O2. The number of halogens is 4. The Bertz CT molecular complexity index is 1340. The fourth-order valence-electron chi connectivity index (χ4n) is 4.34. The van der Waals surface area contributed by atoms with Crippen LogP contribution in [-0.4, -0.2) is 59.2 Å². The number of nitrogens with zero attached hydrogens (tertiary/aromatic N) is 4. The number of alkyl halides is 3. The van der Waals surface area contributed by atoms with Crippen LogP contribution in [0.3, 0.4) is 0 Å². The number of hydrogen-bond acceptors (Lipinski definition) is 6. The van der Waals surface area contributed by atoms with E-state index in [1.807, 2.05) is 29.2 Å². The lowest BCUT2D eigenvalue weighted by Gasteiger charge is -2.38. The van der Waals surface area contributed by atoms with Crippen LogP contribution in [0, 0.1) is 17.3 Å². The largest absolute Gasteiger partial charge is 0.417 e. The van der Waals surface area contributed by atoms with Crippen molar-refractivity contribution in [2.45, 2.75) is 18.7 Å². The van der Waals surface area contributed by atoms with Gasteiger partial charge in [0, 0.05) is 56.4 Å². The van der Waals surface area contributed by atoms with E-state index in [2.05, 4.69) is 15.2 Å². The molecule has 0 saturated carbocycles. The van der Waals surface area contributed by atoms with Crippen LogP contribution >= 0.6 is 0 Å². The number of benzene rings is 2. The van der Waals surface area contributed by atoms with Crippen molar-refractivity contribution in [1.82, 2.24) is 9.88 Å². The molecule has 2 aromatic carbocycles. The maximum Gasteiger partial charge on any atom is 0.417 e. The number of nitriles is 1. The van der Waals surface area contributed by atoms with Gasteiger partial charge in [0.2, 0.25) is 5.95 Å². The molecule has 2 heterocycles. The normalized spacial score (nSPS) is 16.0. The molecule has 1 amide bonds. The number of carbonyl (C=O) groups is 1. The van der Waals surface area contributed by atoms with Crippen molar-refractivity contribution in [2.75, 3.05) is 42.9 Å². The lowest BCUT2D eigenvalue weighted by atomic mass is 10.0. The van der Waals surface area contributed by atoms with E-state index in [0.29, 0.717) is 32.2 Å². The summed E-state index contributed by atoms with van der Waals surface area (Å²) in [6.45, 7) is 3.66. The topological polar surface area (TPSA) is 92.5 Å². The molecule has 0 radical (unpaired) electrons. The molecule has 11 heteroatoms. The Hall–Kier alpha value is -4.01. The second-order valence-electron chi connectivity index (χ2n) is 9.28. The summed E-state index contributed by atoms with van der Waals surface area (Å²) in [4.78, 5) is 20.3. The van der Waals surface area contributed by atoms with Crippen molar-refractivity contribution >= 4 is 17.3 Å². The SMILES string of the molecule is CC(O)(CN1CCN(c2ccc(-c3ccnc(F)c3)cc2)CC1)C(=O)Nc1ccc(C#N)c(C(F)(F)F)c1. The molecule has 1 aromatic heterocycles. The molecule has 1 fully saturated rings. The van der Waals surface area contributed by atoms with E-state index in [9.17, 15) is 27.5 Å². The second kappa shape index (κ2) is 10.8. The van der Waals surface area contributed by atoms with Crippen LogP contribution in [0.5, 0.6) is 0 Å². The van der Waals surface area contributed by atoms with Gasteiger partial charge >= 0.3 is 6.18 Å². The highest BCUT2D eigenvalue weighted by molar-refractivity contribution is 5.97. The highest BCUT2D eigenvalue weighted by Crippen LogP contribution is 2.34. The van der Waals surface area contributed by atoms with Gasteiger partial charge in [-0.1, -0.05) is 12.1 Å². The van der Waals surface area contributed by atoms with Crippen LogP contribution in [0.1, 0.15) is 18.1 Å². The lowest BCUT2D eigenvalue weighted by Crippen LogP contribution is -2.54. The first-order valence-corrected chi connectivity index (χ1v) is 11.8. The molecule has 3 aromatic rings. The fraction of sp³-hybridized carbons (Fsp3) is 0.296. The van der Waals surface area contributed by atoms with Crippen LogP contribution in [0.15, 0.2) is 60.8 Å². The van der Waals surface area contributed by atoms with E-state index in [0.717, 1.165) is 22.9 Å². The molecule has 38 heavy (non-hydrogen) atoms. The summed E-state index contributed by atoms with van der Waals surface area (Å²) in [5.41, 5.74) is -1.17. The number of rotatable bonds is 6. The van der Waals surface area contributed by atoms with Gasteiger partial charge in [-0.25, -0.2) is 4.98 Å². The number of β-amino-alcohol motifs (C(OH)–C–C–N with tert-alkyl or cyclic N) is 1. The quantitative estimate of drug-likeness (QED) is 0.367. The maximum absolute atomic E-state index is 13.4. The van der Waals surface area contributed by atoms with E-state index >= 15 is 0 Å². The van der Waals surface area contributed by atoms with Crippen LogP contribution < -0.4 is 10.2 Å². The van der Waals surface area contributed by atoms with E-state index in [4.69, 9.17) is 5.26 Å². The number of aliphatic hydroxyl groups is 1. The summed E-state index contributed by atoms with van der Waals surface area (Å²) in [6.07, 6.45) is -3.34. The van der Waals surface area contributed by atoms with Crippen LogP contribution in [-0.2, 0) is 11.0 Å². The number of amides is 1. The number of piperazine rings is 1. The zero-order chi connectivity index (χ0) is 27.5. The van der Waals surface area contributed by atoms with Gasteiger partial charge in [0.15, 0.2) is 5.60 Å². The van der Waals surface area contributed by atoms with Gasteiger partial charge in [-0.2, -0.15) is 22.8 Å². The number of aromatic nitrogens is 1. The molecule has 2 N–H and O–H groups in total. The van der Waals surface area contributed by atoms with Crippen LogP contribution in [0.4, 0.5) is 28.9 Å². The Morgan fingerprint density at radius 2 is 1.74 bits per heavy atom. The zero-order valence-corrected chi connectivity index (χ0v) is 20.5. The average molecular weight is 528 g/mol. The van der Waals surface area contributed by atoms with Crippen molar-refractivity contribution in [3.63, 3.8) is 0 Å². The first-order valence-electron chi connectivity index (χ1n) is 11.8. The van der Waals surface area contributed by atoms with Crippen LogP contribution in [0.2, 0.25) is 0 Å². The summed E-state index contributed by atoms with van der Waals surface area (Å²) in [7, 11) is 0. The average Bonchev–Trinajstić information content (AvgIpc) is 2.88. The lowest BCUT2D eigenvalue weighted by molar-refractivity contribution is -0.138. The van der Waals surface area contributed by atoms with Crippen molar-refractivity contribution in [3.05, 3.63) is 77.9 Å². The fourth-order valence-corrected chi connectivity index (χ4v) is 4.34. The monoisotopic (exact) mass is 527 g/mol. The third-order valence-electron chi connectivity index (χ3n) is 6.39. The number of nitrogens with one attached hydrogen (secondary N) is 1. The summed E-state index contributed by atoms with van der Waals surface area (Å²) >= 11 is 0. The number of pyridine rings is 1. The third-order valence-corrected chi connectivity index (χ3v) is 6.39. The summed E-state index contributed by atoms with van der Waals surface area (Å²) in [6, 6.07) is 15.1. The van der Waals surface area contributed by atoms with Gasteiger partial charge in [-0.15, -0.1) is 0 Å². The predicted molar refractivity (Wildman–Crippen MR) is 134 cm³/mol. The summed E-state index contributed by atoms with van der Waals surface area (Å²) in [5.74, 6) is -1.39. The van der Waals surface area contributed by atoms with E-state index in [1.54, 1.807) is 6.07 Å². The standard InChI is InChI=1S/C27H25F4N5O2/c1-26(38,25(37)34-21-5-2-20(16-32)23(15-21)27(29,30)31)17-35-10-12-36(13-11-35)22-6-3-18(4-7-22)19-8-9-33-24(28)14-19/h2-9,14-15,38H,10-13,17H2,1H3,(H,34,37). The Kier molecular flexibility index (Phi) is 7.66. The van der Waals surface area contributed by atoms with Gasteiger partial charge < -0.3 is 15.3 Å². The second-order valence-corrected chi connectivity index (χ2v) is 9.28. The number of carbonyl (C=O) groups excluding carboxylic acids is 1. The van der Waals surface area contributed by atoms with E-state index in [1.165, 1.54) is 31.3 Å². The molecule has 0 spiro atoms. The van der Waals surface area contributed by atoms with Crippen molar-refractivity contribution in [3.8, 4) is 17.2 Å². The first-order chi connectivity index (χ1) is 18.0.